The lowest BCUT2D eigenvalue weighted by atomic mass is 10.4. The second-order valence-electron chi connectivity index (χ2n) is 4.52. The van der Waals surface area contributed by atoms with Gasteiger partial charge in [-0.15, -0.1) is 22.7 Å². The molecule has 0 spiro atoms. The van der Waals surface area contributed by atoms with Gasteiger partial charge in [0.15, 0.2) is 10.9 Å². The highest BCUT2D eigenvalue weighted by atomic mass is 32.2. The highest BCUT2D eigenvalue weighted by Crippen LogP contribution is 2.24. The molecule has 0 amide bonds. The Morgan fingerprint density at radius 1 is 1.48 bits per heavy atom. The van der Waals surface area contributed by atoms with Crippen LogP contribution in [0, 0.1) is 6.92 Å². The van der Waals surface area contributed by atoms with E-state index in [1.165, 1.54) is 39.0 Å². The lowest BCUT2D eigenvalue weighted by molar-refractivity contribution is 0.102. The number of rotatable bonds is 4. The van der Waals surface area contributed by atoms with Gasteiger partial charge in [0, 0.05) is 11.9 Å². The molecule has 0 fully saturated rings. The number of hydrogen-bond acceptors (Lipinski definition) is 6. The van der Waals surface area contributed by atoms with Gasteiger partial charge < -0.3 is 0 Å². The van der Waals surface area contributed by atoms with Crippen LogP contribution >= 0.6 is 34.4 Å². The van der Waals surface area contributed by atoms with E-state index in [2.05, 4.69) is 4.98 Å². The molecule has 0 bridgehead atoms. The predicted octanol–water partition coefficient (Wildman–Crippen LogP) is 3.34. The Kier molecular flexibility index (Phi) is 3.97. The molecule has 0 atom stereocenters. The maximum absolute atomic E-state index is 12.3. The number of aromatic nitrogens is 2. The maximum Gasteiger partial charge on any atom is 0.262 e. The Morgan fingerprint density at radius 3 is 3.00 bits per heavy atom. The summed E-state index contributed by atoms with van der Waals surface area (Å²) in [4.78, 5) is 31.3. The van der Waals surface area contributed by atoms with Crippen LogP contribution in [0.1, 0.15) is 14.5 Å². The molecular formula is C14H12N2O2S3. The molecule has 3 aromatic rings. The molecule has 0 aromatic carbocycles. The van der Waals surface area contributed by atoms with Crippen LogP contribution in [0.4, 0.5) is 0 Å². The average molecular weight is 336 g/mol. The number of carbonyl (C=O) groups is 1. The summed E-state index contributed by atoms with van der Waals surface area (Å²) in [6.45, 7) is 1.96. The summed E-state index contributed by atoms with van der Waals surface area (Å²) in [6, 6.07) is 5.53. The van der Waals surface area contributed by atoms with E-state index in [9.17, 15) is 9.59 Å². The summed E-state index contributed by atoms with van der Waals surface area (Å²) >= 11 is 4.24. The fourth-order valence-corrected chi connectivity index (χ4v) is 4.47. The van der Waals surface area contributed by atoms with Crippen molar-refractivity contribution in [3.63, 3.8) is 0 Å². The lowest BCUT2D eigenvalue weighted by Crippen LogP contribution is -2.19. The Labute approximate surface area is 133 Å². The highest BCUT2D eigenvalue weighted by molar-refractivity contribution is 7.99. The van der Waals surface area contributed by atoms with Crippen molar-refractivity contribution in [2.45, 2.75) is 12.1 Å². The quantitative estimate of drug-likeness (QED) is 0.416. The molecule has 0 saturated heterocycles. The molecular weight excluding hydrogens is 324 g/mol. The average Bonchev–Trinajstić information content (AvgIpc) is 3.10. The van der Waals surface area contributed by atoms with Crippen LogP contribution in [0.3, 0.4) is 0 Å². The van der Waals surface area contributed by atoms with Crippen molar-refractivity contribution in [3.8, 4) is 0 Å². The summed E-state index contributed by atoms with van der Waals surface area (Å²) in [7, 11) is 1.69. The van der Waals surface area contributed by atoms with Crippen LogP contribution in [0.5, 0.6) is 0 Å². The SMILES string of the molecule is Cc1cc2c(=O)n(C)c(SCC(=O)c3cccs3)nc2s1. The minimum Gasteiger partial charge on any atom is -0.292 e. The number of thiophene rings is 2. The number of aryl methyl sites for hydroxylation is 1. The van der Waals surface area contributed by atoms with E-state index in [-0.39, 0.29) is 17.1 Å². The van der Waals surface area contributed by atoms with Crippen molar-refractivity contribution in [3.05, 3.63) is 43.7 Å². The summed E-state index contributed by atoms with van der Waals surface area (Å²) in [5.41, 5.74) is -0.0598. The molecule has 3 heterocycles. The largest absolute Gasteiger partial charge is 0.292 e. The second kappa shape index (κ2) is 5.75. The molecule has 0 aliphatic carbocycles. The third kappa shape index (κ3) is 2.81. The van der Waals surface area contributed by atoms with Crippen LogP contribution < -0.4 is 5.56 Å². The summed E-state index contributed by atoms with van der Waals surface area (Å²) in [5.74, 6) is 0.350. The monoisotopic (exact) mass is 336 g/mol. The van der Waals surface area contributed by atoms with Crippen LogP contribution in [0.2, 0.25) is 0 Å². The van der Waals surface area contributed by atoms with Gasteiger partial charge in [-0.1, -0.05) is 17.8 Å². The molecule has 4 nitrogen and oxygen atoms in total. The first-order valence-electron chi connectivity index (χ1n) is 6.23. The first-order valence-corrected chi connectivity index (χ1v) is 8.91. The third-order valence-electron chi connectivity index (χ3n) is 2.98. The second-order valence-corrected chi connectivity index (χ2v) is 7.65. The van der Waals surface area contributed by atoms with Crippen molar-refractivity contribution in [2.75, 3.05) is 5.75 Å². The van der Waals surface area contributed by atoms with Gasteiger partial charge in [-0.2, -0.15) is 0 Å². The van der Waals surface area contributed by atoms with E-state index < -0.39 is 0 Å². The Balaban J connectivity index is 1.89. The highest BCUT2D eigenvalue weighted by Gasteiger charge is 2.13. The first kappa shape index (κ1) is 14.5. The molecule has 3 rings (SSSR count). The fourth-order valence-electron chi connectivity index (χ4n) is 1.94. The molecule has 0 unspecified atom stereocenters. The van der Waals surface area contributed by atoms with Crippen LogP contribution in [-0.2, 0) is 7.05 Å². The molecule has 0 saturated carbocycles. The smallest absolute Gasteiger partial charge is 0.262 e. The van der Waals surface area contributed by atoms with Gasteiger partial charge in [0.05, 0.1) is 16.0 Å². The number of carbonyl (C=O) groups excluding carboxylic acids is 1. The van der Waals surface area contributed by atoms with E-state index in [0.29, 0.717) is 10.5 Å². The Morgan fingerprint density at radius 2 is 2.29 bits per heavy atom. The number of Topliss-reactive ketones (excluding diaryl/α,β-unsaturated/α-hetero) is 1. The van der Waals surface area contributed by atoms with Gasteiger partial charge in [0.2, 0.25) is 0 Å². The topological polar surface area (TPSA) is 52.0 Å². The number of nitrogens with zero attached hydrogens (tertiary/aromatic N) is 2. The minimum atomic E-state index is -0.0598. The minimum absolute atomic E-state index is 0.0598. The Hall–Kier alpha value is -1.44. The van der Waals surface area contributed by atoms with Crippen molar-refractivity contribution < 1.29 is 4.79 Å². The normalized spacial score (nSPS) is 11.1. The number of ketones is 1. The zero-order valence-corrected chi connectivity index (χ0v) is 13.9. The predicted molar refractivity (Wildman–Crippen MR) is 89.0 cm³/mol. The summed E-state index contributed by atoms with van der Waals surface area (Å²) in [5, 5.41) is 3.11. The van der Waals surface area contributed by atoms with Crippen LogP contribution in [0.25, 0.3) is 10.2 Å². The van der Waals surface area contributed by atoms with E-state index in [0.717, 1.165) is 14.6 Å². The third-order valence-corrected chi connectivity index (χ3v) is 5.87. The maximum atomic E-state index is 12.3. The number of hydrogen-bond donors (Lipinski definition) is 0. The van der Waals surface area contributed by atoms with Gasteiger partial charge in [-0.3, -0.25) is 14.2 Å². The van der Waals surface area contributed by atoms with Crippen molar-refractivity contribution in [1.29, 1.82) is 0 Å². The van der Waals surface area contributed by atoms with E-state index in [1.807, 2.05) is 30.5 Å². The van der Waals surface area contributed by atoms with Crippen LogP contribution in [0.15, 0.2) is 33.5 Å². The van der Waals surface area contributed by atoms with Crippen molar-refractivity contribution >= 4 is 50.4 Å². The van der Waals surface area contributed by atoms with Crippen molar-refractivity contribution in [1.82, 2.24) is 9.55 Å². The standard InChI is InChI=1S/C14H12N2O2S3/c1-8-6-9-12(21-8)15-14(16(2)13(9)18)20-7-10(17)11-4-3-5-19-11/h3-6H,7H2,1-2H3. The number of fused-ring (bicyclic) bond motifs is 1. The molecule has 108 valence electrons. The van der Waals surface area contributed by atoms with Gasteiger partial charge in [0.25, 0.3) is 5.56 Å². The number of thioether (sulfide) groups is 1. The van der Waals surface area contributed by atoms with Gasteiger partial charge in [-0.25, -0.2) is 4.98 Å². The van der Waals surface area contributed by atoms with Gasteiger partial charge in [0.1, 0.15) is 4.83 Å². The van der Waals surface area contributed by atoms with E-state index in [4.69, 9.17) is 0 Å². The molecule has 0 radical (unpaired) electrons. The lowest BCUT2D eigenvalue weighted by Gasteiger charge is -2.05. The first-order chi connectivity index (χ1) is 10.1. The molecule has 3 aromatic heterocycles. The van der Waals surface area contributed by atoms with Gasteiger partial charge >= 0.3 is 0 Å². The summed E-state index contributed by atoms with van der Waals surface area (Å²) in [6.07, 6.45) is 0. The zero-order valence-electron chi connectivity index (χ0n) is 11.5. The van der Waals surface area contributed by atoms with E-state index >= 15 is 0 Å². The molecule has 21 heavy (non-hydrogen) atoms. The van der Waals surface area contributed by atoms with E-state index in [1.54, 1.807) is 7.05 Å². The zero-order chi connectivity index (χ0) is 15.0. The summed E-state index contributed by atoms with van der Waals surface area (Å²) < 4.78 is 1.51. The van der Waals surface area contributed by atoms with Gasteiger partial charge in [-0.05, 0) is 24.4 Å². The van der Waals surface area contributed by atoms with Crippen LogP contribution in [-0.4, -0.2) is 21.1 Å². The molecule has 0 N–H and O–H groups in total. The van der Waals surface area contributed by atoms with Crippen molar-refractivity contribution in [2.24, 2.45) is 7.05 Å². The fraction of sp³-hybridized carbons (Fsp3) is 0.214. The molecule has 0 aliphatic rings. The molecule has 7 heteroatoms. The molecule has 0 aliphatic heterocycles. The Bertz CT molecular complexity index is 862.